The van der Waals surface area contributed by atoms with E-state index in [1.165, 1.54) is 6.42 Å². The molecule has 1 aromatic rings. The van der Waals surface area contributed by atoms with Gasteiger partial charge in [0.15, 0.2) is 11.5 Å². The molecule has 2 saturated heterocycles. The molecule has 2 aliphatic heterocycles. The number of aromatic nitrogens is 2. The largest absolute Gasteiger partial charge is 0.450 e. The lowest BCUT2D eigenvalue weighted by molar-refractivity contribution is 0.0565. The molecule has 0 saturated carbocycles. The molecule has 3 heterocycles. The molecule has 142 valence electrons. The van der Waals surface area contributed by atoms with Gasteiger partial charge in [-0.3, -0.25) is 4.79 Å². The van der Waals surface area contributed by atoms with Crippen LogP contribution in [0.3, 0.4) is 0 Å². The molecule has 0 spiro atoms. The molecule has 2 fully saturated rings. The first-order valence-electron chi connectivity index (χ1n) is 9.38. The summed E-state index contributed by atoms with van der Waals surface area (Å²) in [7, 11) is 0. The van der Waals surface area contributed by atoms with Gasteiger partial charge in [0.25, 0.3) is 5.91 Å². The number of carbonyl (C=O) groups excluding carboxylic acids is 2. The van der Waals surface area contributed by atoms with Gasteiger partial charge in [-0.15, -0.1) is 10.2 Å². The maximum absolute atomic E-state index is 12.6. The Morgan fingerprint density at radius 2 is 1.85 bits per heavy atom. The third kappa shape index (κ3) is 4.23. The minimum absolute atomic E-state index is 0.139. The SMILES string of the molecule is CCOC(=O)N1CCN(C(=O)c2ccc(N3CCCC(C)C3)nn2)CC1. The molecule has 2 amide bonds. The molecular formula is C18H27N5O3. The lowest BCUT2D eigenvalue weighted by atomic mass is 10.0. The number of rotatable bonds is 3. The lowest BCUT2D eigenvalue weighted by Crippen LogP contribution is -2.50. The first-order valence-corrected chi connectivity index (χ1v) is 9.38. The van der Waals surface area contributed by atoms with E-state index in [4.69, 9.17) is 4.74 Å². The molecule has 0 aromatic carbocycles. The standard InChI is InChI=1S/C18H27N5O3/c1-3-26-18(25)22-11-9-21(10-12-22)17(24)15-6-7-16(20-19-15)23-8-4-5-14(2)13-23/h6-7,14H,3-5,8-13H2,1-2H3. The van der Waals surface area contributed by atoms with Crippen molar-refractivity contribution in [1.82, 2.24) is 20.0 Å². The molecular weight excluding hydrogens is 334 g/mol. The number of hydrogen-bond donors (Lipinski definition) is 0. The zero-order chi connectivity index (χ0) is 18.5. The normalized spacial score (nSPS) is 20.8. The van der Waals surface area contributed by atoms with Crippen LogP contribution in [0.15, 0.2) is 12.1 Å². The van der Waals surface area contributed by atoms with Gasteiger partial charge in [-0.2, -0.15) is 0 Å². The van der Waals surface area contributed by atoms with Gasteiger partial charge in [-0.1, -0.05) is 6.92 Å². The van der Waals surface area contributed by atoms with Crippen LogP contribution in [-0.4, -0.2) is 77.9 Å². The Hall–Kier alpha value is -2.38. The molecule has 1 aromatic heterocycles. The summed E-state index contributed by atoms with van der Waals surface area (Å²) in [4.78, 5) is 29.9. The highest BCUT2D eigenvalue weighted by atomic mass is 16.6. The summed E-state index contributed by atoms with van der Waals surface area (Å²) in [6.07, 6.45) is 2.09. The predicted molar refractivity (Wildman–Crippen MR) is 97.1 cm³/mol. The third-order valence-corrected chi connectivity index (χ3v) is 4.94. The summed E-state index contributed by atoms with van der Waals surface area (Å²) in [6, 6.07) is 3.63. The fraction of sp³-hybridized carbons (Fsp3) is 0.667. The topological polar surface area (TPSA) is 78.9 Å². The average molecular weight is 361 g/mol. The molecule has 2 aliphatic rings. The molecule has 3 rings (SSSR count). The third-order valence-electron chi connectivity index (χ3n) is 4.94. The van der Waals surface area contributed by atoms with Crippen LogP contribution >= 0.6 is 0 Å². The predicted octanol–water partition coefficient (Wildman–Crippen LogP) is 1.63. The molecule has 0 aliphatic carbocycles. The van der Waals surface area contributed by atoms with Gasteiger partial charge in [-0.05, 0) is 37.8 Å². The average Bonchev–Trinajstić information content (AvgIpc) is 2.68. The van der Waals surface area contributed by atoms with Crippen LogP contribution in [0.1, 0.15) is 37.2 Å². The fourth-order valence-corrected chi connectivity index (χ4v) is 3.47. The number of nitrogens with zero attached hydrogens (tertiary/aromatic N) is 5. The summed E-state index contributed by atoms with van der Waals surface area (Å²) in [5.74, 6) is 1.35. The van der Waals surface area contributed by atoms with Crippen LogP contribution in [0.2, 0.25) is 0 Å². The number of piperazine rings is 1. The zero-order valence-electron chi connectivity index (χ0n) is 15.6. The maximum Gasteiger partial charge on any atom is 0.409 e. The van der Waals surface area contributed by atoms with E-state index >= 15 is 0 Å². The van der Waals surface area contributed by atoms with Crippen molar-refractivity contribution >= 4 is 17.8 Å². The molecule has 8 heteroatoms. The minimum atomic E-state index is -0.320. The van der Waals surface area contributed by atoms with Crippen LogP contribution in [0.4, 0.5) is 10.6 Å². The molecule has 0 bridgehead atoms. The highest BCUT2D eigenvalue weighted by molar-refractivity contribution is 5.92. The molecule has 0 radical (unpaired) electrons. The van der Waals surface area contributed by atoms with Crippen molar-refractivity contribution in [3.63, 3.8) is 0 Å². The number of piperidine rings is 1. The van der Waals surface area contributed by atoms with Gasteiger partial charge in [0, 0.05) is 39.3 Å². The maximum atomic E-state index is 12.6. The summed E-state index contributed by atoms with van der Waals surface area (Å²) in [5.41, 5.74) is 0.350. The first-order chi connectivity index (χ1) is 12.6. The van der Waals surface area contributed by atoms with Crippen LogP contribution in [0.25, 0.3) is 0 Å². The Balaban J connectivity index is 1.56. The summed E-state index contributed by atoms with van der Waals surface area (Å²) in [6.45, 7) is 8.26. The van der Waals surface area contributed by atoms with Crippen molar-refractivity contribution in [3.05, 3.63) is 17.8 Å². The second-order valence-electron chi connectivity index (χ2n) is 6.95. The number of ether oxygens (including phenoxy) is 1. The van der Waals surface area contributed by atoms with Crippen molar-refractivity contribution in [2.75, 3.05) is 50.8 Å². The fourth-order valence-electron chi connectivity index (χ4n) is 3.47. The zero-order valence-corrected chi connectivity index (χ0v) is 15.6. The van der Waals surface area contributed by atoms with Gasteiger partial charge >= 0.3 is 6.09 Å². The Morgan fingerprint density at radius 3 is 2.46 bits per heavy atom. The van der Waals surface area contributed by atoms with Crippen molar-refractivity contribution in [1.29, 1.82) is 0 Å². The van der Waals surface area contributed by atoms with Crippen molar-refractivity contribution < 1.29 is 14.3 Å². The van der Waals surface area contributed by atoms with Gasteiger partial charge in [0.2, 0.25) is 0 Å². The van der Waals surface area contributed by atoms with Gasteiger partial charge in [-0.25, -0.2) is 4.79 Å². The summed E-state index contributed by atoms with van der Waals surface area (Å²) in [5, 5.41) is 8.41. The van der Waals surface area contributed by atoms with Crippen LogP contribution in [-0.2, 0) is 4.74 Å². The van der Waals surface area contributed by atoms with Crippen molar-refractivity contribution in [3.8, 4) is 0 Å². The van der Waals surface area contributed by atoms with E-state index in [0.717, 1.165) is 25.3 Å². The van der Waals surface area contributed by atoms with E-state index in [-0.39, 0.29) is 12.0 Å². The second kappa shape index (κ2) is 8.33. The molecule has 26 heavy (non-hydrogen) atoms. The quantitative estimate of drug-likeness (QED) is 0.814. The molecule has 8 nitrogen and oxygen atoms in total. The Bertz CT molecular complexity index is 628. The molecule has 1 unspecified atom stereocenters. The van der Waals surface area contributed by atoms with E-state index in [1.807, 2.05) is 6.07 Å². The van der Waals surface area contributed by atoms with Gasteiger partial charge in [0.05, 0.1) is 6.61 Å². The monoisotopic (exact) mass is 361 g/mol. The van der Waals surface area contributed by atoms with E-state index in [9.17, 15) is 9.59 Å². The second-order valence-corrected chi connectivity index (χ2v) is 6.95. The van der Waals surface area contributed by atoms with E-state index in [2.05, 4.69) is 22.0 Å². The Kier molecular flexibility index (Phi) is 5.90. The van der Waals surface area contributed by atoms with E-state index < -0.39 is 0 Å². The Morgan fingerprint density at radius 1 is 1.12 bits per heavy atom. The van der Waals surface area contributed by atoms with E-state index in [0.29, 0.717) is 44.4 Å². The molecule has 1 atom stereocenters. The van der Waals surface area contributed by atoms with Crippen LogP contribution in [0, 0.1) is 5.92 Å². The molecule has 0 N–H and O–H groups in total. The lowest BCUT2D eigenvalue weighted by Gasteiger charge is -2.34. The summed E-state index contributed by atoms with van der Waals surface area (Å²) >= 11 is 0. The highest BCUT2D eigenvalue weighted by Gasteiger charge is 2.26. The summed E-state index contributed by atoms with van der Waals surface area (Å²) < 4.78 is 5.00. The van der Waals surface area contributed by atoms with Gasteiger partial charge in [0.1, 0.15) is 0 Å². The van der Waals surface area contributed by atoms with Crippen molar-refractivity contribution in [2.24, 2.45) is 5.92 Å². The number of carbonyl (C=O) groups is 2. The highest BCUT2D eigenvalue weighted by Crippen LogP contribution is 2.20. The number of hydrogen-bond acceptors (Lipinski definition) is 6. The van der Waals surface area contributed by atoms with Crippen LogP contribution in [0.5, 0.6) is 0 Å². The Labute approximate surface area is 154 Å². The van der Waals surface area contributed by atoms with Crippen LogP contribution < -0.4 is 4.90 Å². The smallest absolute Gasteiger partial charge is 0.409 e. The number of amides is 2. The van der Waals surface area contributed by atoms with E-state index in [1.54, 1.807) is 22.8 Å². The van der Waals surface area contributed by atoms with Crippen molar-refractivity contribution in [2.45, 2.75) is 26.7 Å². The minimum Gasteiger partial charge on any atom is -0.450 e. The number of anilines is 1. The first kappa shape index (κ1) is 18.4. The van der Waals surface area contributed by atoms with Gasteiger partial charge < -0.3 is 19.4 Å².